The predicted molar refractivity (Wildman–Crippen MR) is 64.5 cm³/mol. The fourth-order valence-electron chi connectivity index (χ4n) is 2.71. The first-order valence-corrected chi connectivity index (χ1v) is 6.79. The Hall–Kier alpha value is -0.610. The fraction of sp³-hybridized carbons (Fsp3) is 0.923. The fourth-order valence-corrected chi connectivity index (χ4v) is 2.71. The zero-order valence-corrected chi connectivity index (χ0v) is 10.7. The molecular weight excluding hydrogens is 218 g/mol. The van der Waals surface area contributed by atoms with Crippen LogP contribution in [0.2, 0.25) is 0 Å². The SMILES string of the molecule is CCCNC(=O)CC1CCC2(CC1)OCCO2. The highest BCUT2D eigenvalue weighted by Crippen LogP contribution is 2.39. The van der Waals surface area contributed by atoms with Crippen LogP contribution in [0.15, 0.2) is 0 Å². The van der Waals surface area contributed by atoms with E-state index in [-0.39, 0.29) is 11.7 Å². The second kappa shape index (κ2) is 5.83. The topological polar surface area (TPSA) is 47.6 Å². The second-order valence-electron chi connectivity index (χ2n) is 5.11. The van der Waals surface area contributed by atoms with Gasteiger partial charge in [-0.05, 0) is 25.2 Å². The minimum absolute atomic E-state index is 0.195. The van der Waals surface area contributed by atoms with Gasteiger partial charge in [0.15, 0.2) is 5.79 Å². The number of rotatable bonds is 4. The molecule has 98 valence electrons. The van der Waals surface area contributed by atoms with Crippen molar-refractivity contribution in [2.75, 3.05) is 19.8 Å². The Morgan fingerprint density at radius 2 is 1.94 bits per heavy atom. The lowest BCUT2D eigenvalue weighted by molar-refractivity contribution is -0.183. The van der Waals surface area contributed by atoms with Gasteiger partial charge in [-0.15, -0.1) is 0 Å². The van der Waals surface area contributed by atoms with Crippen molar-refractivity contribution >= 4 is 5.91 Å². The van der Waals surface area contributed by atoms with Crippen molar-refractivity contribution in [3.8, 4) is 0 Å². The number of ether oxygens (including phenoxy) is 2. The zero-order valence-electron chi connectivity index (χ0n) is 10.7. The lowest BCUT2D eigenvalue weighted by Crippen LogP contribution is -2.36. The molecule has 1 spiro atoms. The number of carbonyl (C=O) groups excluding carboxylic acids is 1. The van der Waals surface area contributed by atoms with E-state index < -0.39 is 0 Å². The Labute approximate surface area is 103 Å². The third kappa shape index (κ3) is 3.42. The first-order chi connectivity index (χ1) is 8.24. The molecule has 1 amide bonds. The van der Waals surface area contributed by atoms with Gasteiger partial charge in [0.2, 0.25) is 5.91 Å². The summed E-state index contributed by atoms with van der Waals surface area (Å²) in [7, 11) is 0. The molecule has 1 heterocycles. The maximum absolute atomic E-state index is 11.6. The van der Waals surface area contributed by atoms with Crippen molar-refractivity contribution in [3.63, 3.8) is 0 Å². The first-order valence-electron chi connectivity index (χ1n) is 6.79. The lowest BCUT2D eigenvalue weighted by atomic mass is 9.83. The molecule has 0 bridgehead atoms. The molecular formula is C13H23NO3. The van der Waals surface area contributed by atoms with Crippen LogP contribution in [0, 0.1) is 5.92 Å². The van der Waals surface area contributed by atoms with Gasteiger partial charge in [-0.2, -0.15) is 0 Å². The first kappa shape index (κ1) is 12.8. The average Bonchev–Trinajstić information content (AvgIpc) is 2.79. The molecule has 4 heteroatoms. The molecule has 2 fully saturated rings. The minimum Gasteiger partial charge on any atom is -0.356 e. The van der Waals surface area contributed by atoms with Crippen LogP contribution in [0.4, 0.5) is 0 Å². The van der Waals surface area contributed by atoms with Crippen LogP contribution >= 0.6 is 0 Å². The molecule has 0 aromatic heterocycles. The van der Waals surface area contributed by atoms with Crippen molar-refractivity contribution in [1.29, 1.82) is 0 Å². The molecule has 17 heavy (non-hydrogen) atoms. The van der Waals surface area contributed by atoms with E-state index in [4.69, 9.17) is 9.47 Å². The smallest absolute Gasteiger partial charge is 0.220 e. The molecule has 1 aliphatic heterocycles. The third-order valence-corrected chi connectivity index (χ3v) is 3.73. The Kier molecular flexibility index (Phi) is 4.40. The minimum atomic E-state index is -0.295. The van der Waals surface area contributed by atoms with Crippen molar-refractivity contribution in [2.45, 2.75) is 51.2 Å². The highest BCUT2D eigenvalue weighted by atomic mass is 16.7. The van der Waals surface area contributed by atoms with Gasteiger partial charge in [-0.25, -0.2) is 0 Å². The Morgan fingerprint density at radius 1 is 1.29 bits per heavy atom. The van der Waals surface area contributed by atoms with Crippen LogP contribution in [0.5, 0.6) is 0 Å². The van der Waals surface area contributed by atoms with Gasteiger partial charge in [0.1, 0.15) is 0 Å². The van der Waals surface area contributed by atoms with E-state index in [1.54, 1.807) is 0 Å². The standard InChI is InChI=1S/C13H23NO3/c1-2-7-14-12(15)10-11-3-5-13(6-4-11)16-8-9-17-13/h11H,2-10H2,1H3,(H,14,15). The average molecular weight is 241 g/mol. The Morgan fingerprint density at radius 3 is 2.53 bits per heavy atom. The number of hydrogen-bond donors (Lipinski definition) is 1. The molecule has 0 radical (unpaired) electrons. The van der Waals surface area contributed by atoms with Crippen molar-refractivity contribution in [1.82, 2.24) is 5.32 Å². The predicted octanol–water partition coefficient (Wildman–Crippen LogP) is 1.84. The summed E-state index contributed by atoms with van der Waals surface area (Å²) in [6.45, 7) is 4.31. The van der Waals surface area contributed by atoms with Gasteiger partial charge in [0.05, 0.1) is 13.2 Å². The van der Waals surface area contributed by atoms with Crippen molar-refractivity contribution in [3.05, 3.63) is 0 Å². The molecule has 0 unspecified atom stereocenters. The van der Waals surface area contributed by atoms with Crippen molar-refractivity contribution < 1.29 is 14.3 Å². The van der Waals surface area contributed by atoms with Gasteiger partial charge >= 0.3 is 0 Å². The van der Waals surface area contributed by atoms with Gasteiger partial charge in [0.25, 0.3) is 0 Å². The summed E-state index contributed by atoms with van der Waals surface area (Å²) in [6, 6.07) is 0. The van der Waals surface area contributed by atoms with Gasteiger partial charge in [0, 0.05) is 25.8 Å². The molecule has 4 nitrogen and oxygen atoms in total. The van der Waals surface area contributed by atoms with Crippen molar-refractivity contribution in [2.24, 2.45) is 5.92 Å². The van der Waals surface area contributed by atoms with Crippen LogP contribution in [-0.4, -0.2) is 31.5 Å². The quantitative estimate of drug-likeness (QED) is 0.817. The van der Waals surface area contributed by atoms with E-state index >= 15 is 0 Å². The van der Waals surface area contributed by atoms with Crippen LogP contribution < -0.4 is 5.32 Å². The Balaban J connectivity index is 1.70. The summed E-state index contributed by atoms with van der Waals surface area (Å²) >= 11 is 0. The lowest BCUT2D eigenvalue weighted by Gasteiger charge is -2.35. The highest BCUT2D eigenvalue weighted by molar-refractivity contribution is 5.76. The monoisotopic (exact) mass is 241 g/mol. The number of hydrogen-bond acceptors (Lipinski definition) is 3. The number of amides is 1. The molecule has 2 aliphatic rings. The maximum Gasteiger partial charge on any atom is 0.220 e. The molecule has 1 saturated heterocycles. The van der Waals surface area contributed by atoms with E-state index in [0.29, 0.717) is 12.3 Å². The molecule has 0 atom stereocenters. The van der Waals surface area contributed by atoms with Crippen LogP contribution in [0.1, 0.15) is 45.4 Å². The van der Waals surface area contributed by atoms with Gasteiger partial charge < -0.3 is 14.8 Å². The highest BCUT2D eigenvalue weighted by Gasteiger charge is 2.40. The van der Waals surface area contributed by atoms with Gasteiger partial charge in [-0.1, -0.05) is 6.92 Å². The summed E-state index contributed by atoms with van der Waals surface area (Å²) in [6.07, 6.45) is 5.63. The zero-order chi connectivity index (χ0) is 12.1. The van der Waals surface area contributed by atoms with E-state index in [1.165, 1.54) is 0 Å². The summed E-state index contributed by atoms with van der Waals surface area (Å²) in [5, 5.41) is 2.94. The summed E-state index contributed by atoms with van der Waals surface area (Å²) in [5.41, 5.74) is 0. The molecule has 2 rings (SSSR count). The summed E-state index contributed by atoms with van der Waals surface area (Å²) < 4.78 is 11.4. The molecule has 0 aromatic rings. The van der Waals surface area contributed by atoms with Crippen LogP contribution in [-0.2, 0) is 14.3 Å². The third-order valence-electron chi connectivity index (χ3n) is 3.73. The van der Waals surface area contributed by atoms with Gasteiger partial charge in [-0.3, -0.25) is 4.79 Å². The molecule has 1 N–H and O–H groups in total. The maximum atomic E-state index is 11.6. The number of nitrogens with one attached hydrogen (secondary N) is 1. The molecule has 1 saturated carbocycles. The van der Waals surface area contributed by atoms with Crippen LogP contribution in [0.3, 0.4) is 0 Å². The Bertz CT molecular complexity index is 251. The van der Waals surface area contributed by atoms with E-state index in [2.05, 4.69) is 12.2 Å². The summed E-state index contributed by atoms with van der Waals surface area (Å²) in [5.74, 6) is 0.405. The largest absolute Gasteiger partial charge is 0.356 e. The van der Waals surface area contributed by atoms with E-state index in [1.807, 2.05) is 0 Å². The second-order valence-corrected chi connectivity index (χ2v) is 5.11. The number of carbonyl (C=O) groups is 1. The van der Waals surface area contributed by atoms with E-state index in [9.17, 15) is 4.79 Å². The molecule has 0 aromatic carbocycles. The van der Waals surface area contributed by atoms with E-state index in [0.717, 1.165) is 51.9 Å². The molecule has 1 aliphatic carbocycles. The normalized spacial score (nSPS) is 24.1. The summed E-state index contributed by atoms with van der Waals surface area (Å²) in [4.78, 5) is 11.6. The van der Waals surface area contributed by atoms with Crippen LogP contribution in [0.25, 0.3) is 0 Å².